The van der Waals surface area contributed by atoms with E-state index in [1.165, 1.54) is 6.08 Å². The quantitative estimate of drug-likeness (QED) is 0.264. The van der Waals surface area contributed by atoms with Gasteiger partial charge in [-0.25, -0.2) is 4.79 Å². The van der Waals surface area contributed by atoms with Crippen LogP contribution < -0.4 is 4.74 Å². The highest BCUT2D eigenvalue weighted by atomic mass is 35.5. The number of carbonyl (C=O) groups is 1. The largest absolute Gasteiger partial charge is 0.456 e. The summed E-state index contributed by atoms with van der Waals surface area (Å²) in [7, 11) is 0. The average Bonchev–Trinajstić information content (AvgIpc) is 2.98. The molecule has 3 aromatic carbocycles. The SMILES string of the molecule is O=C(C=Cc1cccc(Cl)c1)Oc1ccc2oc3ccccc3c2c1. The second-order valence-electron chi connectivity index (χ2n) is 5.57. The van der Waals surface area contributed by atoms with Crippen LogP contribution in [0.5, 0.6) is 5.75 Å². The molecule has 3 nitrogen and oxygen atoms in total. The number of para-hydroxylation sites is 1. The summed E-state index contributed by atoms with van der Waals surface area (Å²) in [5.74, 6) is 0.0203. The monoisotopic (exact) mass is 348 g/mol. The van der Waals surface area contributed by atoms with Crippen LogP contribution in [-0.2, 0) is 4.79 Å². The Morgan fingerprint density at radius 3 is 2.64 bits per heavy atom. The van der Waals surface area contributed by atoms with Crippen LogP contribution in [0.1, 0.15) is 5.56 Å². The molecule has 1 aromatic heterocycles. The normalized spacial score (nSPS) is 11.4. The summed E-state index contributed by atoms with van der Waals surface area (Å²) >= 11 is 5.92. The van der Waals surface area contributed by atoms with E-state index in [0.29, 0.717) is 10.8 Å². The molecular weight excluding hydrogens is 336 g/mol. The fraction of sp³-hybridized carbons (Fsp3) is 0. The molecule has 1 heterocycles. The van der Waals surface area contributed by atoms with Crippen LogP contribution in [0.3, 0.4) is 0 Å². The first-order chi connectivity index (χ1) is 12.2. The van der Waals surface area contributed by atoms with E-state index in [1.54, 1.807) is 30.3 Å². The maximum Gasteiger partial charge on any atom is 0.336 e. The Hall–Kier alpha value is -3.04. The number of fused-ring (bicyclic) bond motifs is 3. The highest BCUT2D eigenvalue weighted by Gasteiger charge is 2.08. The first-order valence-electron chi connectivity index (χ1n) is 7.76. The van der Waals surface area contributed by atoms with Crippen molar-refractivity contribution < 1.29 is 13.9 Å². The van der Waals surface area contributed by atoms with Gasteiger partial charge >= 0.3 is 5.97 Å². The molecule has 0 aliphatic rings. The lowest BCUT2D eigenvalue weighted by Gasteiger charge is -2.01. The number of carbonyl (C=O) groups excluding carboxylic acids is 1. The molecule has 0 unspecified atom stereocenters. The first kappa shape index (κ1) is 15.5. The van der Waals surface area contributed by atoms with E-state index in [4.69, 9.17) is 20.8 Å². The third kappa shape index (κ3) is 3.28. The van der Waals surface area contributed by atoms with Gasteiger partial charge in [0.1, 0.15) is 16.9 Å². The van der Waals surface area contributed by atoms with E-state index in [1.807, 2.05) is 42.5 Å². The fourth-order valence-electron chi connectivity index (χ4n) is 2.69. The molecule has 0 spiro atoms. The van der Waals surface area contributed by atoms with Gasteiger partial charge in [0.05, 0.1) is 0 Å². The van der Waals surface area contributed by atoms with E-state index >= 15 is 0 Å². The van der Waals surface area contributed by atoms with Gasteiger partial charge in [0, 0.05) is 21.9 Å². The van der Waals surface area contributed by atoms with Crippen LogP contribution in [0.15, 0.2) is 77.2 Å². The van der Waals surface area contributed by atoms with Gasteiger partial charge in [-0.2, -0.15) is 0 Å². The molecule has 0 bridgehead atoms. The minimum Gasteiger partial charge on any atom is -0.456 e. The summed E-state index contributed by atoms with van der Waals surface area (Å²) in [6, 6.07) is 20.3. The Morgan fingerprint density at radius 1 is 0.920 bits per heavy atom. The second kappa shape index (κ2) is 6.46. The third-order valence-corrected chi connectivity index (χ3v) is 4.06. The van der Waals surface area contributed by atoms with Crippen LogP contribution in [0.4, 0.5) is 0 Å². The smallest absolute Gasteiger partial charge is 0.336 e. The minimum atomic E-state index is -0.452. The lowest BCUT2D eigenvalue weighted by molar-refractivity contribution is -0.128. The second-order valence-corrected chi connectivity index (χ2v) is 6.00. The van der Waals surface area contributed by atoms with Crippen LogP contribution in [-0.4, -0.2) is 5.97 Å². The lowest BCUT2D eigenvalue weighted by atomic mass is 10.1. The zero-order chi connectivity index (χ0) is 17.2. The third-order valence-electron chi connectivity index (χ3n) is 3.83. The zero-order valence-corrected chi connectivity index (χ0v) is 13.9. The predicted octanol–water partition coefficient (Wildman–Crippen LogP) is 5.86. The van der Waals surface area contributed by atoms with Crippen molar-refractivity contribution in [3.63, 3.8) is 0 Å². The van der Waals surface area contributed by atoms with Gasteiger partial charge in [-0.15, -0.1) is 0 Å². The maximum atomic E-state index is 12.0. The van der Waals surface area contributed by atoms with Crippen molar-refractivity contribution in [3.05, 3.63) is 83.4 Å². The number of halogens is 1. The molecule has 25 heavy (non-hydrogen) atoms. The molecule has 4 aromatic rings. The summed E-state index contributed by atoms with van der Waals surface area (Å²) in [4.78, 5) is 12.0. The van der Waals surface area contributed by atoms with Crippen molar-refractivity contribution in [1.29, 1.82) is 0 Å². The van der Waals surface area contributed by atoms with Gasteiger partial charge in [-0.05, 0) is 48.0 Å². The summed E-state index contributed by atoms with van der Waals surface area (Å²) in [5, 5.41) is 2.53. The summed E-state index contributed by atoms with van der Waals surface area (Å²) in [6.07, 6.45) is 3.04. The van der Waals surface area contributed by atoms with Crippen molar-refractivity contribution in [2.75, 3.05) is 0 Å². The minimum absolute atomic E-state index is 0.452. The number of esters is 1. The first-order valence-corrected chi connectivity index (χ1v) is 8.14. The molecule has 0 fully saturated rings. The Kier molecular flexibility index (Phi) is 4.00. The molecule has 4 rings (SSSR count). The molecule has 0 aliphatic heterocycles. The van der Waals surface area contributed by atoms with Gasteiger partial charge in [0.25, 0.3) is 0 Å². The van der Waals surface area contributed by atoms with E-state index in [2.05, 4.69) is 0 Å². The molecule has 122 valence electrons. The molecule has 0 atom stereocenters. The molecular formula is C21H13ClO3. The number of hydrogen-bond acceptors (Lipinski definition) is 3. The van der Waals surface area contributed by atoms with E-state index in [0.717, 1.165) is 27.5 Å². The highest BCUT2D eigenvalue weighted by molar-refractivity contribution is 6.30. The van der Waals surface area contributed by atoms with Gasteiger partial charge < -0.3 is 9.15 Å². The molecule has 0 saturated heterocycles. The molecule has 0 N–H and O–H groups in total. The molecule has 4 heteroatoms. The van der Waals surface area contributed by atoms with Gasteiger partial charge in [-0.1, -0.05) is 41.9 Å². The standard InChI is InChI=1S/C21H13ClO3/c22-15-5-3-4-14(12-15)8-11-21(23)24-16-9-10-20-18(13-16)17-6-1-2-7-19(17)25-20/h1-13H. The number of rotatable bonds is 3. The molecule has 0 amide bonds. The van der Waals surface area contributed by atoms with Crippen molar-refractivity contribution in [3.8, 4) is 5.75 Å². The van der Waals surface area contributed by atoms with Crippen LogP contribution >= 0.6 is 11.6 Å². The summed E-state index contributed by atoms with van der Waals surface area (Å²) < 4.78 is 11.2. The Balaban J connectivity index is 1.57. The summed E-state index contributed by atoms with van der Waals surface area (Å²) in [6.45, 7) is 0. The van der Waals surface area contributed by atoms with Gasteiger partial charge in [0.15, 0.2) is 0 Å². The van der Waals surface area contributed by atoms with Crippen molar-refractivity contribution in [1.82, 2.24) is 0 Å². The van der Waals surface area contributed by atoms with Crippen molar-refractivity contribution >= 4 is 45.6 Å². The van der Waals surface area contributed by atoms with Crippen LogP contribution in [0.2, 0.25) is 5.02 Å². The van der Waals surface area contributed by atoms with Gasteiger partial charge in [0.2, 0.25) is 0 Å². The zero-order valence-electron chi connectivity index (χ0n) is 13.1. The number of benzene rings is 3. The fourth-order valence-corrected chi connectivity index (χ4v) is 2.89. The summed E-state index contributed by atoms with van der Waals surface area (Å²) in [5.41, 5.74) is 2.40. The number of hydrogen-bond donors (Lipinski definition) is 0. The maximum absolute atomic E-state index is 12.0. The highest BCUT2D eigenvalue weighted by Crippen LogP contribution is 2.31. The Morgan fingerprint density at radius 2 is 1.76 bits per heavy atom. The molecule has 0 aliphatic carbocycles. The van der Waals surface area contributed by atoms with Crippen LogP contribution in [0, 0.1) is 0 Å². The van der Waals surface area contributed by atoms with Gasteiger partial charge in [-0.3, -0.25) is 0 Å². The molecule has 0 saturated carbocycles. The average molecular weight is 349 g/mol. The van der Waals surface area contributed by atoms with Crippen molar-refractivity contribution in [2.24, 2.45) is 0 Å². The Labute approximate surface area is 149 Å². The molecule has 0 radical (unpaired) electrons. The van der Waals surface area contributed by atoms with Crippen LogP contribution in [0.25, 0.3) is 28.0 Å². The van der Waals surface area contributed by atoms with Crippen molar-refractivity contribution in [2.45, 2.75) is 0 Å². The number of furan rings is 1. The topological polar surface area (TPSA) is 39.4 Å². The predicted molar refractivity (Wildman–Crippen MR) is 99.8 cm³/mol. The Bertz CT molecular complexity index is 1110. The lowest BCUT2D eigenvalue weighted by Crippen LogP contribution is -2.03. The van der Waals surface area contributed by atoms with E-state index < -0.39 is 5.97 Å². The number of ether oxygens (including phenoxy) is 1. The van der Waals surface area contributed by atoms with E-state index in [9.17, 15) is 4.79 Å². The van der Waals surface area contributed by atoms with E-state index in [-0.39, 0.29) is 0 Å².